The minimum Gasteiger partial charge on any atom is -0.374 e. The standard InChI is InChI=1S/C49H52F2N10O5S/c1-28-20-32(35-10-7-33(24-39(35)51)54-40-11-12-42(62)55-46(40)64)21-29(2)60(28)26-43(63)58-17-15-57(16-18-58)34-8-5-30(6-9-34)31-22-36-37(38(50)23-31)25-61(48(36)66)45(47(65)56-49-52-13-19-67-49)44-41-4-3-14-59(41)27-53-44/h5-10,13,19,22-24,27-29,32,40,45,54H,3-4,11-12,14-18,20-21,25-26H2,1-2H3,(H,52,56,65)(H,55,62,64). The number of rotatable bonds is 11. The molecule has 5 aromatic rings. The highest BCUT2D eigenvalue weighted by molar-refractivity contribution is 7.13. The fourth-order valence-electron chi connectivity index (χ4n) is 10.7. The molecule has 5 amide bonds. The summed E-state index contributed by atoms with van der Waals surface area (Å²) in [5, 5.41) is 10.4. The maximum atomic E-state index is 16.0. The molecule has 67 heavy (non-hydrogen) atoms. The zero-order chi connectivity index (χ0) is 46.5. The number of aromatic nitrogens is 3. The number of piperidine rings is 2. The Morgan fingerprint density at radius 1 is 0.896 bits per heavy atom. The summed E-state index contributed by atoms with van der Waals surface area (Å²) in [6, 6.07) is 14.4. The summed E-state index contributed by atoms with van der Waals surface area (Å²) in [5.74, 6) is -2.41. The van der Waals surface area contributed by atoms with E-state index in [-0.39, 0.29) is 66.3 Å². The summed E-state index contributed by atoms with van der Waals surface area (Å²) in [7, 11) is 0. The van der Waals surface area contributed by atoms with Gasteiger partial charge in [0.15, 0.2) is 11.2 Å². The lowest BCUT2D eigenvalue weighted by Gasteiger charge is -2.44. The third-order valence-corrected chi connectivity index (χ3v) is 14.9. The Bertz CT molecular complexity index is 2730. The van der Waals surface area contributed by atoms with Crippen LogP contribution in [0.1, 0.15) is 90.8 Å². The van der Waals surface area contributed by atoms with Crippen LogP contribution in [0.5, 0.6) is 0 Å². The number of piperazine rings is 1. The van der Waals surface area contributed by atoms with Crippen molar-refractivity contribution in [3.05, 3.63) is 112 Å². The third-order valence-electron chi connectivity index (χ3n) is 14.2. The molecular formula is C49H52F2N10O5S. The van der Waals surface area contributed by atoms with E-state index >= 15 is 8.78 Å². The van der Waals surface area contributed by atoms with Crippen LogP contribution in [0.4, 0.5) is 25.3 Å². The highest BCUT2D eigenvalue weighted by Crippen LogP contribution is 2.40. The lowest BCUT2D eigenvalue weighted by atomic mass is 9.82. The second kappa shape index (κ2) is 18.3. The molecule has 15 nitrogen and oxygen atoms in total. The average molecular weight is 931 g/mol. The van der Waals surface area contributed by atoms with Gasteiger partial charge in [-0.15, -0.1) is 11.3 Å². The molecule has 4 unspecified atom stereocenters. The number of nitrogens with zero attached hydrogens (tertiary/aromatic N) is 7. The molecule has 348 valence electrons. The SMILES string of the molecule is CC1CC(c2ccc(NC3CCC(=O)NC3=O)cc2F)CC(C)N1CC(=O)N1CCN(c2ccc(-c3cc(F)c4c(c3)C(=O)N(C(C(=O)Nc3nccs3)c3ncn5c3CCC5)C4)cc2)CC1. The highest BCUT2D eigenvalue weighted by atomic mass is 32.1. The number of amides is 5. The number of hydrogen-bond donors (Lipinski definition) is 3. The monoisotopic (exact) mass is 930 g/mol. The van der Waals surface area contributed by atoms with Gasteiger partial charge in [0, 0.05) is 91.0 Å². The van der Waals surface area contributed by atoms with Crippen LogP contribution in [0.15, 0.2) is 72.5 Å². The molecule has 0 spiro atoms. The molecule has 3 aromatic carbocycles. The van der Waals surface area contributed by atoms with Crippen molar-refractivity contribution in [3.8, 4) is 11.1 Å². The van der Waals surface area contributed by atoms with Crippen LogP contribution in [0.3, 0.4) is 0 Å². The summed E-state index contributed by atoms with van der Waals surface area (Å²) in [6.45, 7) is 7.57. The van der Waals surface area contributed by atoms with Gasteiger partial charge in [-0.25, -0.2) is 18.7 Å². The van der Waals surface area contributed by atoms with Gasteiger partial charge in [0.05, 0.1) is 25.1 Å². The fourth-order valence-corrected chi connectivity index (χ4v) is 11.2. The van der Waals surface area contributed by atoms with Crippen LogP contribution in [0.2, 0.25) is 0 Å². The number of imide groups is 1. The van der Waals surface area contributed by atoms with E-state index < -0.39 is 35.6 Å². The van der Waals surface area contributed by atoms with Crippen LogP contribution in [-0.2, 0) is 38.7 Å². The normalized spacial score (nSPS) is 22.4. The van der Waals surface area contributed by atoms with E-state index in [4.69, 9.17) is 0 Å². The van der Waals surface area contributed by atoms with E-state index in [1.54, 1.807) is 36.1 Å². The molecule has 0 saturated carbocycles. The molecule has 5 aliphatic heterocycles. The van der Waals surface area contributed by atoms with Crippen molar-refractivity contribution in [1.82, 2.24) is 34.6 Å². The summed E-state index contributed by atoms with van der Waals surface area (Å²) in [5.41, 5.74) is 5.24. The van der Waals surface area contributed by atoms with Crippen molar-refractivity contribution >= 4 is 57.4 Å². The van der Waals surface area contributed by atoms with Gasteiger partial charge in [0.25, 0.3) is 11.8 Å². The van der Waals surface area contributed by atoms with Crippen LogP contribution in [0.25, 0.3) is 11.1 Å². The smallest absolute Gasteiger partial charge is 0.255 e. The van der Waals surface area contributed by atoms with Crippen LogP contribution in [-0.4, -0.2) is 110 Å². The Balaban J connectivity index is 0.742. The van der Waals surface area contributed by atoms with E-state index in [2.05, 4.69) is 49.6 Å². The zero-order valence-corrected chi connectivity index (χ0v) is 38.2. The minimum absolute atomic E-state index is 0.0217. The minimum atomic E-state index is -1.07. The van der Waals surface area contributed by atoms with Gasteiger partial charge in [-0.1, -0.05) is 18.2 Å². The molecule has 3 N–H and O–H groups in total. The van der Waals surface area contributed by atoms with E-state index in [0.717, 1.165) is 36.3 Å². The lowest BCUT2D eigenvalue weighted by Crippen LogP contribution is -2.54. The zero-order valence-electron chi connectivity index (χ0n) is 37.3. The second-order valence-electron chi connectivity index (χ2n) is 18.4. The van der Waals surface area contributed by atoms with Crippen molar-refractivity contribution in [2.75, 3.05) is 48.3 Å². The molecule has 3 saturated heterocycles. The molecule has 0 radical (unpaired) electrons. The lowest BCUT2D eigenvalue weighted by molar-refractivity contribution is -0.135. The van der Waals surface area contributed by atoms with Gasteiger partial charge in [-0.05, 0) is 105 Å². The first-order valence-corrected chi connectivity index (χ1v) is 23.9. The predicted molar refractivity (Wildman–Crippen MR) is 248 cm³/mol. The molecule has 0 aliphatic carbocycles. The summed E-state index contributed by atoms with van der Waals surface area (Å²) in [6.07, 6.45) is 6.92. The first-order chi connectivity index (χ1) is 32.4. The Hall–Kier alpha value is -6.53. The van der Waals surface area contributed by atoms with Crippen molar-refractivity contribution in [2.24, 2.45) is 0 Å². The number of carbonyl (C=O) groups is 5. The van der Waals surface area contributed by atoms with Gasteiger partial charge in [-0.3, -0.25) is 39.5 Å². The number of halogens is 2. The van der Waals surface area contributed by atoms with Crippen LogP contribution in [0, 0.1) is 11.6 Å². The quantitative estimate of drug-likeness (QED) is 0.132. The number of imidazole rings is 1. The summed E-state index contributed by atoms with van der Waals surface area (Å²) >= 11 is 1.27. The van der Waals surface area contributed by atoms with E-state index in [1.165, 1.54) is 28.4 Å². The van der Waals surface area contributed by atoms with Gasteiger partial charge in [-0.2, -0.15) is 0 Å². The van der Waals surface area contributed by atoms with Gasteiger partial charge < -0.3 is 24.6 Å². The van der Waals surface area contributed by atoms with E-state index in [0.29, 0.717) is 73.1 Å². The third kappa shape index (κ3) is 8.79. The van der Waals surface area contributed by atoms with E-state index in [9.17, 15) is 24.0 Å². The van der Waals surface area contributed by atoms with Crippen LogP contribution >= 0.6 is 11.3 Å². The Labute approximate surface area is 390 Å². The predicted octanol–water partition coefficient (Wildman–Crippen LogP) is 6.09. The average Bonchev–Trinajstić information content (AvgIpc) is 4.14. The number of anilines is 3. The van der Waals surface area contributed by atoms with Gasteiger partial charge in [0.2, 0.25) is 17.7 Å². The van der Waals surface area contributed by atoms with Gasteiger partial charge >= 0.3 is 0 Å². The molecule has 2 aromatic heterocycles. The maximum absolute atomic E-state index is 16.0. The Kier molecular flexibility index (Phi) is 12.1. The molecule has 0 bridgehead atoms. The topological polar surface area (TPSA) is 165 Å². The number of carbonyl (C=O) groups excluding carboxylic acids is 5. The van der Waals surface area contributed by atoms with Crippen molar-refractivity contribution in [2.45, 2.75) is 95.5 Å². The first kappa shape index (κ1) is 44.3. The fraction of sp³-hybridized carbons (Fsp3) is 0.408. The summed E-state index contributed by atoms with van der Waals surface area (Å²) in [4.78, 5) is 82.0. The molecular weight excluding hydrogens is 879 g/mol. The van der Waals surface area contributed by atoms with Crippen molar-refractivity contribution in [1.29, 1.82) is 0 Å². The summed E-state index contributed by atoms with van der Waals surface area (Å²) < 4.78 is 33.5. The van der Waals surface area contributed by atoms with Gasteiger partial charge in [0.1, 0.15) is 17.7 Å². The number of thiazole rings is 1. The Morgan fingerprint density at radius 3 is 2.39 bits per heavy atom. The number of hydrogen-bond acceptors (Lipinski definition) is 11. The molecule has 5 aliphatic rings. The molecule has 3 fully saturated rings. The molecule has 7 heterocycles. The first-order valence-electron chi connectivity index (χ1n) is 23.0. The van der Waals surface area contributed by atoms with Crippen molar-refractivity contribution < 1.29 is 32.8 Å². The number of aryl methyl sites for hydroxylation is 1. The maximum Gasteiger partial charge on any atom is 0.255 e. The molecule has 4 atom stereocenters. The molecule has 18 heteroatoms. The van der Waals surface area contributed by atoms with E-state index in [1.807, 2.05) is 33.7 Å². The Morgan fingerprint density at radius 2 is 1.67 bits per heavy atom. The van der Waals surface area contributed by atoms with Crippen molar-refractivity contribution in [3.63, 3.8) is 0 Å². The highest BCUT2D eigenvalue weighted by Gasteiger charge is 2.42. The number of nitrogens with one attached hydrogen (secondary N) is 3. The number of fused-ring (bicyclic) bond motifs is 2. The largest absolute Gasteiger partial charge is 0.374 e. The number of benzene rings is 3. The molecule has 10 rings (SSSR count). The van der Waals surface area contributed by atoms with Crippen LogP contribution < -0.4 is 20.9 Å². The number of likely N-dealkylation sites (tertiary alicyclic amines) is 1. The second-order valence-corrected chi connectivity index (χ2v) is 19.3.